The van der Waals surface area contributed by atoms with Crippen molar-refractivity contribution in [2.24, 2.45) is 0 Å². The summed E-state index contributed by atoms with van der Waals surface area (Å²) in [6.45, 7) is 0.170. The summed E-state index contributed by atoms with van der Waals surface area (Å²) in [4.78, 5) is 23.2. The zero-order valence-electron chi connectivity index (χ0n) is 8.64. The smallest absolute Gasteiger partial charge is 0.332 e. The minimum Gasteiger partial charge on any atom is -0.479 e. The van der Waals surface area contributed by atoms with E-state index < -0.39 is 12.1 Å². The second kappa shape index (κ2) is 4.97. The van der Waals surface area contributed by atoms with E-state index in [1.165, 1.54) is 0 Å². The molecular weight excluding hydrogens is 200 g/mol. The van der Waals surface area contributed by atoms with E-state index in [-0.39, 0.29) is 19.0 Å². The lowest BCUT2D eigenvalue weighted by molar-refractivity contribution is -0.146. The molecule has 6 heteroatoms. The first-order valence-electron chi connectivity index (χ1n) is 4.94. The van der Waals surface area contributed by atoms with Crippen LogP contribution in [0.15, 0.2) is 0 Å². The molecule has 0 aromatic heterocycles. The molecule has 0 spiro atoms. The van der Waals surface area contributed by atoms with Gasteiger partial charge in [0, 0.05) is 26.1 Å². The highest BCUT2D eigenvalue weighted by Gasteiger charge is 2.29. The van der Waals surface area contributed by atoms with E-state index in [4.69, 9.17) is 10.2 Å². The first kappa shape index (κ1) is 11.8. The summed E-state index contributed by atoms with van der Waals surface area (Å²) in [6.07, 6.45) is 0.680. The van der Waals surface area contributed by atoms with Crippen LogP contribution in [0.4, 0.5) is 4.79 Å². The number of carbonyl (C=O) groups is 2. The maximum absolute atomic E-state index is 11.4. The fourth-order valence-electron chi connectivity index (χ4n) is 1.19. The van der Waals surface area contributed by atoms with Gasteiger partial charge in [-0.25, -0.2) is 9.59 Å². The number of carbonyl (C=O) groups excluding carboxylic acids is 1. The third-order valence-electron chi connectivity index (χ3n) is 2.39. The monoisotopic (exact) mass is 216 g/mol. The number of aliphatic carboxylic acids is 1. The molecule has 0 aromatic carbocycles. The molecule has 2 amide bonds. The number of hydrogen-bond acceptors (Lipinski definition) is 3. The molecule has 0 bridgehead atoms. The van der Waals surface area contributed by atoms with Crippen LogP contribution in [0.3, 0.4) is 0 Å². The van der Waals surface area contributed by atoms with E-state index in [1.807, 2.05) is 0 Å². The van der Waals surface area contributed by atoms with Gasteiger partial charge in [0.15, 0.2) is 6.10 Å². The molecule has 86 valence electrons. The predicted octanol–water partition coefficient (Wildman–Crippen LogP) is -0.374. The van der Waals surface area contributed by atoms with Crippen LogP contribution in [0, 0.1) is 0 Å². The Balaban J connectivity index is 2.13. The van der Waals surface area contributed by atoms with Crippen molar-refractivity contribution in [2.75, 3.05) is 13.6 Å². The van der Waals surface area contributed by atoms with Crippen molar-refractivity contribution in [1.82, 2.24) is 10.2 Å². The number of rotatable bonds is 5. The van der Waals surface area contributed by atoms with Crippen molar-refractivity contribution in [3.63, 3.8) is 0 Å². The number of carboxylic acids is 1. The summed E-state index contributed by atoms with van der Waals surface area (Å²) in [7, 11) is 1.71. The molecular formula is C9H16N2O4. The Labute approximate surface area is 87.9 Å². The molecule has 15 heavy (non-hydrogen) atoms. The van der Waals surface area contributed by atoms with E-state index in [0.29, 0.717) is 6.04 Å². The van der Waals surface area contributed by atoms with E-state index in [0.717, 1.165) is 12.8 Å². The molecule has 1 aliphatic rings. The zero-order valence-corrected chi connectivity index (χ0v) is 8.64. The average Bonchev–Trinajstić information content (AvgIpc) is 2.99. The Morgan fingerprint density at radius 1 is 1.53 bits per heavy atom. The largest absolute Gasteiger partial charge is 0.479 e. The zero-order chi connectivity index (χ0) is 11.4. The van der Waals surface area contributed by atoms with Gasteiger partial charge in [0.05, 0.1) is 0 Å². The molecule has 0 saturated heterocycles. The molecule has 0 aliphatic heterocycles. The van der Waals surface area contributed by atoms with E-state index >= 15 is 0 Å². The molecule has 0 heterocycles. The number of hydrogen-bond donors (Lipinski definition) is 3. The number of aliphatic hydroxyl groups excluding tert-OH is 1. The highest BCUT2D eigenvalue weighted by molar-refractivity contribution is 5.75. The lowest BCUT2D eigenvalue weighted by atomic mass is 10.2. The summed E-state index contributed by atoms with van der Waals surface area (Å²) in [5.41, 5.74) is 0. The van der Waals surface area contributed by atoms with Crippen molar-refractivity contribution in [2.45, 2.75) is 31.4 Å². The molecule has 0 unspecified atom stereocenters. The van der Waals surface area contributed by atoms with Crippen LogP contribution < -0.4 is 5.32 Å². The predicted molar refractivity (Wildman–Crippen MR) is 52.4 cm³/mol. The van der Waals surface area contributed by atoms with Gasteiger partial charge in [-0.3, -0.25) is 0 Å². The Kier molecular flexibility index (Phi) is 3.90. The third-order valence-corrected chi connectivity index (χ3v) is 2.39. The average molecular weight is 216 g/mol. The van der Waals surface area contributed by atoms with Crippen LogP contribution in [-0.2, 0) is 4.79 Å². The summed E-state index contributed by atoms with van der Waals surface area (Å²) >= 11 is 0. The molecule has 1 aliphatic carbocycles. The Morgan fingerprint density at radius 3 is 2.60 bits per heavy atom. The first-order chi connectivity index (χ1) is 7.02. The van der Waals surface area contributed by atoms with Gasteiger partial charge in [-0.1, -0.05) is 0 Å². The molecule has 1 rings (SSSR count). The topological polar surface area (TPSA) is 89.9 Å². The van der Waals surface area contributed by atoms with Crippen molar-refractivity contribution in [3.05, 3.63) is 0 Å². The van der Waals surface area contributed by atoms with Gasteiger partial charge in [0.1, 0.15) is 0 Å². The molecule has 1 atom stereocenters. The van der Waals surface area contributed by atoms with Gasteiger partial charge in [-0.2, -0.15) is 0 Å². The quantitative estimate of drug-likeness (QED) is 0.584. The number of nitrogens with zero attached hydrogens (tertiary/aromatic N) is 1. The second-order valence-electron chi connectivity index (χ2n) is 3.72. The number of carboxylic acid groups (broad SMARTS) is 1. The van der Waals surface area contributed by atoms with E-state index in [1.54, 1.807) is 11.9 Å². The molecule has 0 aromatic rings. The maximum Gasteiger partial charge on any atom is 0.332 e. The second-order valence-corrected chi connectivity index (χ2v) is 3.72. The van der Waals surface area contributed by atoms with Crippen molar-refractivity contribution < 1.29 is 19.8 Å². The van der Waals surface area contributed by atoms with Crippen LogP contribution in [0.1, 0.15) is 19.3 Å². The van der Waals surface area contributed by atoms with Crippen LogP contribution >= 0.6 is 0 Å². The SMILES string of the molecule is CN(C(=O)NCC[C@H](O)C(=O)O)C1CC1. The summed E-state index contributed by atoms with van der Waals surface area (Å²) < 4.78 is 0. The number of nitrogens with one attached hydrogen (secondary N) is 1. The maximum atomic E-state index is 11.4. The van der Waals surface area contributed by atoms with Gasteiger partial charge in [0.25, 0.3) is 0 Å². The normalized spacial score (nSPS) is 16.9. The molecule has 1 saturated carbocycles. The van der Waals surface area contributed by atoms with Crippen LogP contribution in [0.2, 0.25) is 0 Å². The lowest BCUT2D eigenvalue weighted by Gasteiger charge is -2.17. The highest BCUT2D eigenvalue weighted by Crippen LogP contribution is 2.24. The first-order valence-corrected chi connectivity index (χ1v) is 4.94. The van der Waals surface area contributed by atoms with E-state index in [2.05, 4.69) is 5.32 Å². The Bertz CT molecular complexity index is 252. The molecule has 6 nitrogen and oxygen atoms in total. The molecule has 1 fully saturated rings. The van der Waals surface area contributed by atoms with Gasteiger partial charge >= 0.3 is 12.0 Å². The van der Waals surface area contributed by atoms with Crippen LogP contribution in [0.5, 0.6) is 0 Å². The Morgan fingerprint density at radius 2 is 2.13 bits per heavy atom. The molecule has 3 N–H and O–H groups in total. The summed E-state index contributed by atoms with van der Waals surface area (Å²) in [6, 6.07) is 0.115. The highest BCUT2D eigenvalue weighted by atomic mass is 16.4. The van der Waals surface area contributed by atoms with Gasteiger partial charge in [0.2, 0.25) is 0 Å². The van der Waals surface area contributed by atoms with Crippen LogP contribution in [-0.4, -0.2) is 52.9 Å². The van der Waals surface area contributed by atoms with E-state index in [9.17, 15) is 9.59 Å². The Hall–Kier alpha value is -1.30. The molecule has 0 radical (unpaired) electrons. The number of urea groups is 1. The fraction of sp³-hybridized carbons (Fsp3) is 0.778. The number of amides is 2. The van der Waals surface area contributed by atoms with Crippen molar-refractivity contribution in [3.8, 4) is 0 Å². The fourth-order valence-corrected chi connectivity index (χ4v) is 1.19. The summed E-state index contributed by atoms with van der Waals surface area (Å²) in [5.74, 6) is -1.26. The van der Waals surface area contributed by atoms with Crippen molar-refractivity contribution >= 4 is 12.0 Å². The number of aliphatic hydroxyl groups is 1. The summed E-state index contributed by atoms with van der Waals surface area (Å²) in [5, 5.41) is 19.9. The third kappa shape index (κ3) is 3.75. The van der Waals surface area contributed by atoms with Gasteiger partial charge in [-0.05, 0) is 12.8 Å². The van der Waals surface area contributed by atoms with Crippen LogP contribution in [0.25, 0.3) is 0 Å². The standard InChI is InChI=1S/C9H16N2O4/c1-11(6-2-3-6)9(15)10-5-4-7(12)8(13)14/h6-7,12H,2-5H2,1H3,(H,10,15)(H,13,14)/t7-/m0/s1. The minimum absolute atomic E-state index is 0.0274. The van der Waals surface area contributed by atoms with Crippen molar-refractivity contribution in [1.29, 1.82) is 0 Å². The minimum atomic E-state index is -1.41. The van der Waals surface area contributed by atoms with Gasteiger partial charge in [-0.15, -0.1) is 0 Å². The lowest BCUT2D eigenvalue weighted by Crippen LogP contribution is -2.40. The van der Waals surface area contributed by atoms with Gasteiger partial charge < -0.3 is 20.4 Å².